The second-order valence-corrected chi connectivity index (χ2v) is 7.89. The summed E-state index contributed by atoms with van der Waals surface area (Å²) in [6.45, 7) is 0. The van der Waals surface area contributed by atoms with Gasteiger partial charge in [-0.3, -0.25) is 0 Å². The van der Waals surface area contributed by atoms with Crippen LogP contribution in [0, 0.1) is 0 Å². The van der Waals surface area contributed by atoms with Crippen LogP contribution >= 0.6 is 50.9 Å². The molecule has 9 heteroatoms. The summed E-state index contributed by atoms with van der Waals surface area (Å²) in [5.41, 5.74) is 2.85. The second kappa shape index (κ2) is 9.32. The average molecular weight is 485 g/mol. The monoisotopic (exact) mass is 483 g/mol. The maximum absolute atomic E-state index is 11.8. The fraction of sp³-hybridized carbons (Fsp3) is 0. The lowest BCUT2D eigenvalue weighted by molar-refractivity contribution is 0.252. The van der Waals surface area contributed by atoms with Crippen LogP contribution in [0.3, 0.4) is 0 Å². The van der Waals surface area contributed by atoms with Gasteiger partial charge in [0.2, 0.25) is 0 Å². The third kappa shape index (κ3) is 5.77. The van der Waals surface area contributed by atoms with Gasteiger partial charge in [0, 0.05) is 16.0 Å². The topological polar surface area (TPSA) is 66.6 Å². The van der Waals surface area contributed by atoms with Gasteiger partial charge in [-0.25, -0.2) is 10.2 Å². The van der Waals surface area contributed by atoms with E-state index in [1.54, 1.807) is 30.3 Å². The van der Waals surface area contributed by atoms with E-state index in [9.17, 15) is 4.79 Å². The lowest BCUT2D eigenvalue weighted by atomic mass is 10.3. The highest BCUT2D eigenvalue weighted by molar-refractivity contribution is 9.10. The van der Waals surface area contributed by atoms with E-state index in [1.165, 1.54) is 18.0 Å². The van der Waals surface area contributed by atoms with Gasteiger partial charge in [-0.2, -0.15) is 5.10 Å². The van der Waals surface area contributed by atoms with Crippen molar-refractivity contribution in [3.8, 4) is 0 Å². The zero-order valence-electron chi connectivity index (χ0n) is 13.6. The molecule has 3 aromatic rings. The number of hydrazone groups is 1. The van der Waals surface area contributed by atoms with Crippen LogP contribution in [0.5, 0.6) is 0 Å². The minimum absolute atomic E-state index is 0.440. The SMILES string of the molecule is O=C(N/N=C/c1cc(Br)c(Sc2ccc(Cl)cc2)o1)Nc1ccccc1Cl. The third-order valence-electron chi connectivity index (χ3n) is 3.18. The molecule has 0 bridgehead atoms. The molecule has 3 rings (SSSR count). The molecule has 0 fully saturated rings. The Morgan fingerprint density at radius 2 is 1.89 bits per heavy atom. The van der Waals surface area contributed by atoms with E-state index in [0.29, 0.717) is 26.6 Å². The Hall–Kier alpha value is -1.93. The summed E-state index contributed by atoms with van der Waals surface area (Å²) in [5, 5.41) is 8.25. The van der Waals surface area contributed by atoms with Crippen molar-refractivity contribution in [1.82, 2.24) is 5.43 Å². The van der Waals surface area contributed by atoms with Crippen LogP contribution in [0.15, 0.2) is 78.6 Å². The highest BCUT2D eigenvalue weighted by Crippen LogP contribution is 2.35. The first-order valence-electron chi connectivity index (χ1n) is 7.58. The van der Waals surface area contributed by atoms with Crippen molar-refractivity contribution in [3.05, 3.63) is 74.9 Å². The molecule has 1 aromatic heterocycles. The number of hydrogen-bond donors (Lipinski definition) is 2. The number of anilines is 1. The number of para-hydroxylation sites is 1. The van der Waals surface area contributed by atoms with Crippen LogP contribution in [-0.2, 0) is 0 Å². The number of rotatable bonds is 5. The number of furan rings is 1. The van der Waals surface area contributed by atoms with Crippen LogP contribution in [0.4, 0.5) is 10.5 Å². The van der Waals surface area contributed by atoms with E-state index in [1.807, 2.05) is 24.3 Å². The number of benzene rings is 2. The van der Waals surface area contributed by atoms with Crippen LogP contribution < -0.4 is 10.7 Å². The van der Waals surface area contributed by atoms with Crippen LogP contribution in [-0.4, -0.2) is 12.2 Å². The minimum atomic E-state index is -0.513. The molecule has 0 aliphatic heterocycles. The van der Waals surface area contributed by atoms with Gasteiger partial charge in [-0.15, -0.1) is 0 Å². The maximum Gasteiger partial charge on any atom is 0.339 e. The number of carbonyl (C=O) groups excluding carboxylic acids is 1. The zero-order chi connectivity index (χ0) is 19.2. The Kier molecular flexibility index (Phi) is 6.84. The number of amides is 2. The lowest BCUT2D eigenvalue weighted by Gasteiger charge is -2.05. The number of urea groups is 1. The molecule has 0 radical (unpaired) electrons. The van der Waals surface area contributed by atoms with Crippen molar-refractivity contribution < 1.29 is 9.21 Å². The van der Waals surface area contributed by atoms with Gasteiger partial charge in [-0.05, 0) is 52.3 Å². The van der Waals surface area contributed by atoms with E-state index in [0.717, 1.165) is 9.37 Å². The van der Waals surface area contributed by atoms with Gasteiger partial charge in [-0.1, -0.05) is 47.1 Å². The number of nitrogens with zero attached hydrogens (tertiary/aromatic N) is 1. The molecular formula is C18H12BrCl2N3O2S. The first-order valence-corrected chi connectivity index (χ1v) is 9.95. The van der Waals surface area contributed by atoms with Crippen LogP contribution in [0.2, 0.25) is 10.0 Å². The molecule has 2 aromatic carbocycles. The summed E-state index contributed by atoms with van der Waals surface area (Å²) >= 11 is 16.8. The summed E-state index contributed by atoms with van der Waals surface area (Å²) in [6, 6.07) is 15.6. The summed E-state index contributed by atoms with van der Waals surface area (Å²) in [6.07, 6.45) is 1.41. The fourth-order valence-electron chi connectivity index (χ4n) is 1.98. The molecule has 27 heavy (non-hydrogen) atoms. The summed E-state index contributed by atoms with van der Waals surface area (Å²) in [4.78, 5) is 12.8. The molecular weight excluding hydrogens is 473 g/mol. The molecule has 0 saturated carbocycles. The molecule has 2 N–H and O–H groups in total. The largest absolute Gasteiger partial charge is 0.447 e. The molecule has 0 aliphatic carbocycles. The van der Waals surface area contributed by atoms with E-state index in [2.05, 4.69) is 31.8 Å². The minimum Gasteiger partial charge on any atom is -0.447 e. The molecule has 0 unspecified atom stereocenters. The maximum atomic E-state index is 11.8. The van der Waals surface area contributed by atoms with Gasteiger partial charge in [0.1, 0.15) is 5.76 Å². The van der Waals surface area contributed by atoms with Gasteiger partial charge < -0.3 is 9.73 Å². The summed E-state index contributed by atoms with van der Waals surface area (Å²) < 4.78 is 6.49. The van der Waals surface area contributed by atoms with Gasteiger partial charge in [0.15, 0.2) is 5.09 Å². The molecule has 2 amide bonds. The van der Waals surface area contributed by atoms with Crippen LogP contribution in [0.1, 0.15) is 5.76 Å². The van der Waals surface area contributed by atoms with Crippen molar-refractivity contribution in [2.24, 2.45) is 5.10 Å². The highest BCUT2D eigenvalue weighted by atomic mass is 79.9. The molecule has 0 atom stereocenters. The smallest absolute Gasteiger partial charge is 0.339 e. The molecule has 0 spiro atoms. The van der Waals surface area contributed by atoms with Crippen molar-refractivity contribution in [2.45, 2.75) is 9.99 Å². The molecule has 0 aliphatic rings. The van der Waals surface area contributed by atoms with Crippen molar-refractivity contribution >= 4 is 68.8 Å². The number of halogens is 3. The highest BCUT2D eigenvalue weighted by Gasteiger charge is 2.10. The predicted molar refractivity (Wildman–Crippen MR) is 113 cm³/mol. The molecule has 1 heterocycles. The molecule has 0 saturated heterocycles. The normalized spacial score (nSPS) is 10.9. The Morgan fingerprint density at radius 3 is 2.63 bits per heavy atom. The van der Waals surface area contributed by atoms with Gasteiger partial charge in [0.25, 0.3) is 0 Å². The second-order valence-electron chi connectivity index (χ2n) is 5.14. The van der Waals surface area contributed by atoms with Gasteiger partial charge >= 0.3 is 6.03 Å². The molecule has 138 valence electrons. The summed E-state index contributed by atoms with van der Waals surface area (Å²) in [7, 11) is 0. The standard InChI is InChI=1S/C18H12BrCl2N3O2S/c19-14-9-12(26-17(14)27-13-7-5-11(20)6-8-13)10-22-24-18(25)23-16-4-2-1-3-15(16)21/h1-10H,(H2,23,24,25)/b22-10+. The predicted octanol–water partition coefficient (Wildman–Crippen LogP) is 6.66. The number of hydrogen-bond acceptors (Lipinski definition) is 4. The summed E-state index contributed by atoms with van der Waals surface area (Å²) in [5.74, 6) is 0.483. The van der Waals surface area contributed by atoms with E-state index < -0.39 is 6.03 Å². The zero-order valence-corrected chi connectivity index (χ0v) is 17.5. The number of nitrogens with one attached hydrogen (secondary N) is 2. The van der Waals surface area contributed by atoms with Crippen LogP contribution in [0.25, 0.3) is 0 Å². The van der Waals surface area contributed by atoms with Gasteiger partial charge in [0.05, 0.1) is 21.4 Å². The van der Waals surface area contributed by atoms with Crippen molar-refractivity contribution in [3.63, 3.8) is 0 Å². The Balaban J connectivity index is 1.58. The van der Waals surface area contributed by atoms with E-state index in [4.69, 9.17) is 27.6 Å². The third-order valence-corrected chi connectivity index (χ3v) is 5.61. The fourth-order valence-corrected chi connectivity index (χ4v) is 3.62. The average Bonchev–Trinajstić information content (AvgIpc) is 2.98. The first kappa shape index (κ1) is 19.8. The quantitative estimate of drug-likeness (QED) is 0.314. The molecule has 5 nitrogen and oxygen atoms in total. The first-order chi connectivity index (χ1) is 13.0. The Labute approximate surface area is 178 Å². The Morgan fingerprint density at radius 1 is 1.15 bits per heavy atom. The van der Waals surface area contributed by atoms with Crippen molar-refractivity contribution in [1.29, 1.82) is 0 Å². The van der Waals surface area contributed by atoms with Crippen molar-refractivity contribution in [2.75, 3.05) is 5.32 Å². The van der Waals surface area contributed by atoms with E-state index in [-0.39, 0.29) is 0 Å². The lowest BCUT2D eigenvalue weighted by Crippen LogP contribution is -2.24. The Bertz CT molecular complexity index is 977. The number of carbonyl (C=O) groups is 1. The van der Waals surface area contributed by atoms with E-state index >= 15 is 0 Å².